The molecule has 1 aromatic rings. The molecule has 0 amide bonds. The molecular formula is C6H14Br6N2. The second kappa shape index (κ2) is 24.3. The number of hydrogen-bond donors (Lipinski definition) is 1. The lowest BCUT2D eigenvalue weighted by atomic mass is 10.3. The fraction of sp³-hybridized carbons (Fsp3) is 0.167. The van der Waals surface area contributed by atoms with E-state index in [1.165, 1.54) is 0 Å². The fourth-order valence-corrected chi connectivity index (χ4v) is 0.519. The summed E-state index contributed by atoms with van der Waals surface area (Å²) in [5, 5.41) is 0. The Morgan fingerprint density at radius 3 is 1.43 bits per heavy atom. The van der Waals surface area contributed by atoms with Gasteiger partial charge in [-0.15, -0.1) is 102 Å². The fourth-order valence-electron chi connectivity index (χ4n) is 0.519. The zero-order valence-corrected chi connectivity index (χ0v) is 17.3. The molecule has 8 heteroatoms. The van der Waals surface area contributed by atoms with E-state index in [1.807, 2.05) is 12.1 Å². The minimum Gasteiger partial charge on any atom is -0.326 e. The lowest BCUT2D eigenvalue weighted by Crippen LogP contribution is -1.94. The van der Waals surface area contributed by atoms with Gasteiger partial charge in [-0.25, -0.2) is 0 Å². The van der Waals surface area contributed by atoms with Crippen LogP contribution in [0.2, 0.25) is 0 Å². The van der Waals surface area contributed by atoms with Crippen LogP contribution in [0.5, 0.6) is 0 Å². The van der Waals surface area contributed by atoms with Gasteiger partial charge in [-0.2, -0.15) is 0 Å². The molecule has 0 saturated carbocycles. The quantitative estimate of drug-likeness (QED) is 0.535. The molecule has 0 atom stereocenters. The van der Waals surface area contributed by atoms with Crippen LogP contribution >= 0.6 is 102 Å². The summed E-state index contributed by atoms with van der Waals surface area (Å²) in [5.41, 5.74) is 6.45. The monoisotopic (exact) mass is 588 g/mol. The van der Waals surface area contributed by atoms with Crippen LogP contribution in [0.15, 0.2) is 24.5 Å². The Morgan fingerprint density at radius 2 is 1.21 bits per heavy atom. The molecule has 0 fully saturated rings. The maximum atomic E-state index is 5.32. The van der Waals surface area contributed by atoms with Gasteiger partial charge in [0, 0.05) is 18.9 Å². The van der Waals surface area contributed by atoms with Gasteiger partial charge in [0.05, 0.1) is 0 Å². The molecule has 2 nitrogen and oxygen atoms in total. The number of nitrogens with two attached hydrogens (primary N) is 1. The molecule has 1 rings (SSSR count). The predicted octanol–water partition coefficient (Wildman–Crippen LogP) is 4.01. The number of pyridine rings is 1. The summed E-state index contributed by atoms with van der Waals surface area (Å²) in [5.74, 6) is 0. The molecule has 1 aromatic heterocycles. The van der Waals surface area contributed by atoms with Crippen molar-refractivity contribution in [1.29, 1.82) is 0 Å². The number of nitrogens with zero attached hydrogens (tertiary/aromatic N) is 1. The molecule has 0 saturated heterocycles. The summed E-state index contributed by atoms with van der Waals surface area (Å²) >= 11 is 0. The van der Waals surface area contributed by atoms with Crippen LogP contribution in [0, 0.1) is 0 Å². The molecule has 0 aliphatic rings. The highest BCUT2D eigenvalue weighted by atomic mass is 79.9. The van der Waals surface area contributed by atoms with Gasteiger partial charge in [0.25, 0.3) is 0 Å². The SMILES string of the molecule is Br.Br.Br.Br.Br.Br.NCc1ccncc1. The average Bonchev–Trinajstić information content (AvgIpc) is 1.90. The van der Waals surface area contributed by atoms with Crippen molar-refractivity contribution in [1.82, 2.24) is 4.98 Å². The molecule has 0 unspecified atom stereocenters. The standard InChI is InChI=1S/C6H8N2.6BrH/c7-5-6-1-3-8-4-2-6;;;;;;/h1-4H,5,7H2;6*1H. The van der Waals surface area contributed by atoms with E-state index in [-0.39, 0.29) is 102 Å². The Hall–Kier alpha value is 1.99. The van der Waals surface area contributed by atoms with Gasteiger partial charge >= 0.3 is 0 Å². The van der Waals surface area contributed by atoms with Crippen molar-refractivity contribution in [2.45, 2.75) is 6.54 Å². The topological polar surface area (TPSA) is 38.9 Å². The van der Waals surface area contributed by atoms with Crippen LogP contribution in [0.1, 0.15) is 5.56 Å². The molecule has 1 heterocycles. The maximum Gasteiger partial charge on any atom is 0.0271 e. The van der Waals surface area contributed by atoms with Gasteiger partial charge in [-0.3, -0.25) is 4.98 Å². The highest BCUT2D eigenvalue weighted by molar-refractivity contribution is 8.93. The summed E-state index contributed by atoms with van der Waals surface area (Å²) in [7, 11) is 0. The molecule has 0 aliphatic heterocycles. The highest BCUT2D eigenvalue weighted by Gasteiger charge is 1.80. The third kappa shape index (κ3) is 16.4. The van der Waals surface area contributed by atoms with E-state index in [9.17, 15) is 0 Å². The van der Waals surface area contributed by atoms with E-state index < -0.39 is 0 Å². The van der Waals surface area contributed by atoms with E-state index in [1.54, 1.807) is 12.4 Å². The summed E-state index contributed by atoms with van der Waals surface area (Å²) in [6.07, 6.45) is 3.48. The smallest absolute Gasteiger partial charge is 0.0271 e. The first-order valence-electron chi connectivity index (χ1n) is 2.52. The van der Waals surface area contributed by atoms with Crippen molar-refractivity contribution in [2.24, 2.45) is 5.73 Å². The van der Waals surface area contributed by atoms with E-state index in [0.717, 1.165) is 5.56 Å². The molecule has 0 aliphatic carbocycles. The zero-order chi connectivity index (χ0) is 5.82. The normalized spacial score (nSPS) is 5.21. The Bertz CT molecular complexity index is 162. The molecule has 2 N–H and O–H groups in total. The third-order valence-electron chi connectivity index (χ3n) is 0.985. The van der Waals surface area contributed by atoms with Crippen LogP contribution in [0.25, 0.3) is 0 Å². The number of rotatable bonds is 1. The molecule has 0 aromatic carbocycles. The van der Waals surface area contributed by atoms with Gasteiger partial charge < -0.3 is 5.73 Å². The Labute approximate surface area is 147 Å². The van der Waals surface area contributed by atoms with Crippen molar-refractivity contribution >= 4 is 102 Å². The van der Waals surface area contributed by atoms with Crippen LogP contribution < -0.4 is 5.73 Å². The Morgan fingerprint density at radius 1 is 0.857 bits per heavy atom. The van der Waals surface area contributed by atoms with Gasteiger partial charge in [0.1, 0.15) is 0 Å². The first-order valence-corrected chi connectivity index (χ1v) is 2.52. The molecule has 0 bridgehead atoms. The zero-order valence-electron chi connectivity index (χ0n) is 6.99. The predicted molar refractivity (Wildman–Crippen MR) is 94.1 cm³/mol. The minimum atomic E-state index is 0. The molecule has 14 heavy (non-hydrogen) atoms. The number of hydrogen-bond acceptors (Lipinski definition) is 2. The second-order valence-corrected chi connectivity index (χ2v) is 1.56. The van der Waals surface area contributed by atoms with Crippen LogP contribution in [-0.4, -0.2) is 4.98 Å². The van der Waals surface area contributed by atoms with Crippen molar-refractivity contribution in [3.8, 4) is 0 Å². The van der Waals surface area contributed by atoms with Crippen LogP contribution in [-0.2, 0) is 6.54 Å². The minimum absolute atomic E-state index is 0. The summed E-state index contributed by atoms with van der Waals surface area (Å²) in [6.45, 7) is 0.600. The third-order valence-corrected chi connectivity index (χ3v) is 0.985. The Balaban J connectivity index is -0.0000000267. The number of halogens is 6. The Kier molecular flexibility index (Phi) is 62.5. The second-order valence-electron chi connectivity index (χ2n) is 1.56. The van der Waals surface area contributed by atoms with Crippen molar-refractivity contribution in [3.63, 3.8) is 0 Å². The lowest BCUT2D eigenvalue weighted by Gasteiger charge is -1.89. The average molecular weight is 594 g/mol. The molecule has 0 radical (unpaired) electrons. The summed E-state index contributed by atoms with van der Waals surface area (Å²) in [6, 6.07) is 3.81. The van der Waals surface area contributed by atoms with Gasteiger partial charge in [-0.1, -0.05) is 0 Å². The largest absolute Gasteiger partial charge is 0.326 e. The van der Waals surface area contributed by atoms with E-state index in [2.05, 4.69) is 4.98 Å². The van der Waals surface area contributed by atoms with Crippen molar-refractivity contribution in [3.05, 3.63) is 30.1 Å². The van der Waals surface area contributed by atoms with Crippen LogP contribution in [0.4, 0.5) is 0 Å². The van der Waals surface area contributed by atoms with Crippen molar-refractivity contribution < 1.29 is 0 Å². The highest BCUT2D eigenvalue weighted by Crippen LogP contribution is 1.91. The molecule has 90 valence electrons. The summed E-state index contributed by atoms with van der Waals surface area (Å²) in [4.78, 5) is 3.84. The molecular weight excluding hydrogens is 580 g/mol. The number of aromatic nitrogens is 1. The van der Waals surface area contributed by atoms with E-state index in [0.29, 0.717) is 6.54 Å². The maximum absolute atomic E-state index is 5.32. The lowest BCUT2D eigenvalue weighted by molar-refractivity contribution is 1.06. The van der Waals surface area contributed by atoms with E-state index >= 15 is 0 Å². The van der Waals surface area contributed by atoms with Gasteiger partial charge in [0.2, 0.25) is 0 Å². The van der Waals surface area contributed by atoms with Crippen molar-refractivity contribution in [2.75, 3.05) is 0 Å². The van der Waals surface area contributed by atoms with E-state index in [4.69, 9.17) is 5.73 Å². The van der Waals surface area contributed by atoms with Crippen LogP contribution in [0.3, 0.4) is 0 Å². The first kappa shape index (κ1) is 36.0. The molecule has 0 spiro atoms. The first-order chi connectivity index (χ1) is 3.93. The summed E-state index contributed by atoms with van der Waals surface area (Å²) < 4.78 is 0. The van der Waals surface area contributed by atoms with Gasteiger partial charge in [-0.05, 0) is 17.7 Å². The van der Waals surface area contributed by atoms with Gasteiger partial charge in [0.15, 0.2) is 0 Å².